The van der Waals surface area contributed by atoms with E-state index < -0.39 is 0 Å². The van der Waals surface area contributed by atoms with Gasteiger partial charge in [0.1, 0.15) is 5.75 Å². The van der Waals surface area contributed by atoms with Crippen molar-refractivity contribution >= 4 is 11.8 Å². The number of ether oxygens (including phenoxy) is 1. The van der Waals surface area contributed by atoms with Crippen LogP contribution in [0.1, 0.15) is 36.5 Å². The maximum Gasteiger partial charge on any atom is 0.269 e. The Kier molecular flexibility index (Phi) is 5.37. The van der Waals surface area contributed by atoms with E-state index >= 15 is 0 Å². The summed E-state index contributed by atoms with van der Waals surface area (Å²) in [7, 11) is 0. The van der Waals surface area contributed by atoms with Gasteiger partial charge in [-0.3, -0.25) is 20.4 Å². The number of benzene rings is 1. The number of hydrogen-bond donors (Lipinski definition) is 2. The van der Waals surface area contributed by atoms with Crippen LogP contribution in [0.2, 0.25) is 0 Å². The lowest BCUT2D eigenvalue weighted by Crippen LogP contribution is -2.42. The van der Waals surface area contributed by atoms with Gasteiger partial charge >= 0.3 is 0 Å². The molecule has 21 heavy (non-hydrogen) atoms. The number of hydrazine groups is 1. The van der Waals surface area contributed by atoms with Crippen molar-refractivity contribution in [2.45, 2.75) is 26.2 Å². The Labute approximate surface area is 124 Å². The Morgan fingerprint density at radius 2 is 2.00 bits per heavy atom. The molecular formula is C16H20N2O3. The molecule has 1 atom stereocenters. The summed E-state index contributed by atoms with van der Waals surface area (Å²) in [6, 6.07) is 6.77. The lowest BCUT2D eigenvalue weighted by molar-refractivity contribution is -0.122. The molecule has 0 spiro atoms. The summed E-state index contributed by atoms with van der Waals surface area (Å²) in [6.45, 7) is 2.48. The van der Waals surface area contributed by atoms with E-state index in [1.807, 2.05) is 13.0 Å². The van der Waals surface area contributed by atoms with Crippen LogP contribution in [0.25, 0.3) is 0 Å². The molecule has 0 heterocycles. The van der Waals surface area contributed by atoms with Gasteiger partial charge in [-0.05, 0) is 49.9 Å². The Bertz CT molecular complexity index is 523. The fraction of sp³-hybridized carbons (Fsp3) is 0.375. The molecule has 2 rings (SSSR count). The van der Waals surface area contributed by atoms with Crippen LogP contribution >= 0.6 is 0 Å². The highest BCUT2D eigenvalue weighted by molar-refractivity contribution is 5.95. The maximum atomic E-state index is 11.9. The molecule has 0 aliphatic heterocycles. The van der Waals surface area contributed by atoms with Crippen molar-refractivity contribution in [1.82, 2.24) is 10.9 Å². The fourth-order valence-corrected chi connectivity index (χ4v) is 2.22. The first-order valence-corrected chi connectivity index (χ1v) is 7.17. The number of allylic oxidation sites excluding steroid dienone is 2. The normalized spacial score (nSPS) is 16.5. The second-order valence-corrected chi connectivity index (χ2v) is 4.93. The van der Waals surface area contributed by atoms with Crippen molar-refractivity contribution in [3.8, 4) is 5.75 Å². The minimum absolute atomic E-state index is 0.175. The average molecular weight is 288 g/mol. The first kappa shape index (κ1) is 15.1. The molecule has 0 aromatic heterocycles. The van der Waals surface area contributed by atoms with Crippen molar-refractivity contribution in [3.05, 3.63) is 42.0 Å². The predicted molar refractivity (Wildman–Crippen MR) is 79.7 cm³/mol. The Balaban J connectivity index is 1.78. The number of amides is 2. The molecule has 1 aliphatic rings. The van der Waals surface area contributed by atoms with Gasteiger partial charge < -0.3 is 4.74 Å². The minimum Gasteiger partial charge on any atom is -0.494 e. The van der Waals surface area contributed by atoms with Crippen molar-refractivity contribution in [2.75, 3.05) is 6.61 Å². The van der Waals surface area contributed by atoms with Crippen LogP contribution in [0.3, 0.4) is 0 Å². The highest BCUT2D eigenvalue weighted by atomic mass is 16.5. The number of hydrogen-bond acceptors (Lipinski definition) is 3. The van der Waals surface area contributed by atoms with Crippen LogP contribution in [0.5, 0.6) is 5.75 Å². The molecule has 1 aliphatic carbocycles. The molecule has 5 heteroatoms. The van der Waals surface area contributed by atoms with Crippen molar-refractivity contribution in [1.29, 1.82) is 0 Å². The molecule has 1 aromatic rings. The molecular weight excluding hydrogens is 268 g/mol. The van der Waals surface area contributed by atoms with Gasteiger partial charge in [0.25, 0.3) is 5.91 Å². The topological polar surface area (TPSA) is 67.4 Å². The van der Waals surface area contributed by atoms with E-state index in [2.05, 4.69) is 16.9 Å². The third-order valence-corrected chi connectivity index (χ3v) is 3.30. The lowest BCUT2D eigenvalue weighted by atomic mass is 10.1. The van der Waals surface area contributed by atoms with E-state index in [-0.39, 0.29) is 17.7 Å². The average Bonchev–Trinajstić information content (AvgIpc) is 2.99. The third kappa shape index (κ3) is 4.63. The summed E-state index contributed by atoms with van der Waals surface area (Å²) in [4.78, 5) is 23.6. The van der Waals surface area contributed by atoms with Crippen LogP contribution < -0.4 is 15.6 Å². The van der Waals surface area contributed by atoms with E-state index in [0.717, 1.165) is 12.8 Å². The number of nitrogens with one attached hydrogen (secondary N) is 2. The molecule has 112 valence electrons. The zero-order valence-electron chi connectivity index (χ0n) is 12.1. The standard InChI is InChI=1S/C16H20N2O3/c1-2-21-14-9-7-13(8-10-14)16(20)18-17-15(19)11-12-5-3-4-6-12/h3,5,7-10,12H,2,4,6,11H2,1H3,(H,17,19)(H,18,20)/t12-/m1/s1. The summed E-state index contributed by atoms with van der Waals surface area (Å²) in [5.41, 5.74) is 5.34. The zero-order valence-corrected chi connectivity index (χ0v) is 12.1. The molecule has 0 radical (unpaired) electrons. The molecule has 2 N–H and O–H groups in total. The predicted octanol–water partition coefficient (Wildman–Crippen LogP) is 2.20. The van der Waals surface area contributed by atoms with Gasteiger partial charge in [-0.25, -0.2) is 0 Å². The highest BCUT2D eigenvalue weighted by Gasteiger charge is 2.14. The number of rotatable bonds is 5. The summed E-state index contributed by atoms with van der Waals surface area (Å²) in [5.74, 6) is 0.484. The van der Waals surface area contributed by atoms with Crippen molar-refractivity contribution in [3.63, 3.8) is 0 Å². The molecule has 0 unspecified atom stereocenters. The van der Waals surface area contributed by atoms with Gasteiger partial charge in [0.15, 0.2) is 0 Å². The first-order valence-electron chi connectivity index (χ1n) is 7.17. The summed E-state index contributed by atoms with van der Waals surface area (Å²) < 4.78 is 5.31. The van der Waals surface area contributed by atoms with Crippen molar-refractivity contribution in [2.24, 2.45) is 5.92 Å². The smallest absolute Gasteiger partial charge is 0.269 e. The number of carbonyl (C=O) groups is 2. The summed E-state index contributed by atoms with van der Waals surface area (Å²) in [6.07, 6.45) is 6.56. The van der Waals surface area contributed by atoms with E-state index in [1.165, 1.54) is 0 Å². The Morgan fingerprint density at radius 1 is 1.24 bits per heavy atom. The Hall–Kier alpha value is -2.30. The van der Waals surface area contributed by atoms with Gasteiger partial charge in [-0.15, -0.1) is 0 Å². The largest absolute Gasteiger partial charge is 0.494 e. The Morgan fingerprint density at radius 3 is 2.62 bits per heavy atom. The quantitative estimate of drug-likeness (QED) is 0.645. The van der Waals surface area contributed by atoms with Crippen LogP contribution in [0, 0.1) is 5.92 Å². The molecule has 0 saturated heterocycles. The van der Waals surface area contributed by atoms with Gasteiger partial charge in [0.05, 0.1) is 6.61 Å². The van der Waals surface area contributed by atoms with Gasteiger partial charge in [0.2, 0.25) is 5.91 Å². The van der Waals surface area contributed by atoms with Gasteiger partial charge in [-0.2, -0.15) is 0 Å². The molecule has 0 bridgehead atoms. The monoisotopic (exact) mass is 288 g/mol. The molecule has 2 amide bonds. The van der Waals surface area contributed by atoms with E-state index in [4.69, 9.17) is 4.74 Å². The molecule has 1 aromatic carbocycles. The van der Waals surface area contributed by atoms with Gasteiger partial charge in [-0.1, -0.05) is 12.2 Å². The lowest BCUT2D eigenvalue weighted by Gasteiger charge is -2.10. The second kappa shape index (κ2) is 7.47. The molecule has 0 saturated carbocycles. The van der Waals surface area contributed by atoms with E-state index in [0.29, 0.717) is 24.3 Å². The van der Waals surface area contributed by atoms with Crippen molar-refractivity contribution < 1.29 is 14.3 Å². The summed E-state index contributed by atoms with van der Waals surface area (Å²) in [5, 5.41) is 0. The molecule has 5 nitrogen and oxygen atoms in total. The first-order chi connectivity index (χ1) is 10.2. The van der Waals surface area contributed by atoms with E-state index in [9.17, 15) is 9.59 Å². The SMILES string of the molecule is CCOc1ccc(C(=O)NNC(=O)C[C@@H]2C=CCC2)cc1. The van der Waals surface area contributed by atoms with Crippen LogP contribution in [-0.4, -0.2) is 18.4 Å². The minimum atomic E-state index is -0.339. The van der Waals surface area contributed by atoms with Crippen LogP contribution in [0.4, 0.5) is 0 Å². The summed E-state index contributed by atoms with van der Waals surface area (Å²) >= 11 is 0. The third-order valence-electron chi connectivity index (χ3n) is 3.30. The maximum absolute atomic E-state index is 11.9. The van der Waals surface area contributed by atoms with Crippen LogP contribution in [-0.2, 0) is 4.79 Å². The molecule has 0 fully saturated rings. The van der Waals surface area contributed by atoms with E-state index in [1.54, 1.807) is 24.3 Å². The highest BCUT2D eigenvalue weighted by Crippen LogP contribution is 2.19. The zero-order chi connectivity index (χ0) is 15.1. The van der Waals surface area contributed by atoms with Gasteiger partial charge in [0, 0.05) is 12.0 Å². The fourth-order valence-electron chi connectivity index (χ4n) is 2.22. The number of carbonyl (C=O) groups excluding carboxylic acids is 2. The van der Waals surface area contributed by atoms with Crippen LogP contribution in [0.15, 0.2) is 36.4 Å². The second-order valence-electron chi connectivity index (χ2n) is 4.93.